The summed E-state index contributed by atoms with van der Waals surface area (Å²) in [6, 6.07) is 20.5. The van der Waals surface area contributed by atoms with Crippen LogP contribution in [0.1, 0.15) is 30.9 Å². The van der Waals surface area contributed by atoms with Crippen molar-refractivity contribution in [2.45, 2.75) is 31.8 Å². The van der Waals surface area contributed by atoms with Gasteiger partial charge in [0, 0.05) is 5.69 Å². The Kier molecular flexibility index (Phi) is 7.03. The molecule has 1 heterocycles. The number of aryl methyl sites for hydroxylation is 1. The smallest absolute Gasteiger partial charge is 0.266 e. The lowest BCUT2D eigenvalue weighted by atomic mass is 9.98. The minimum Gasteiger partial charge on any atom is -0.497 e. The number of hydrogen-bond acceptors (Lipinski definition) is 5. The van der Waals surface area contributed by atoms with Gasteiger partial charge in [-0.2, -0.15) is 0 Å². The molecular formula is C27H27N3O3S. The SMILES string of the molecule is COc1ccc(-n2c(SCC(=O)Nc3c(C)cccc3C(C)C)nc3ccccc3c2=O)cc1. The highest BCUT2D eigenvalue weighted by Crippen LogP contribution is 2.28. The van der Waals surface area contributed by atoms with Gasteiger partial charge >= 0.3 is 0 Å². The van der Waals surface area contributed by atoms with Crippen molar-refractivity contribution in [1.82, 2.24) is 9.55 Å². The molecule has 1 N–H and O–H groups in total. The van der Waals surface area contributed by atoms with E-state index in [0.29, 0.717) is 27.5 Å². The van der Waals surface area contributed by atoms with Crippen LogP contribution in [0.3, 0.4) is 0 Å². The second kappa shape index (κ2) is 10.1. The quantitative estimate of drug-likeness (QED) is 0.281. The maximum absolute atomic E-state index is 13.4. The third-order valence-corrected chi connectivity index (χ3v) is 6.54. The van der Waals surface area contributed by atoms with E-state index in [0.717, 1.165) is 16.8 Å². The minimum atomic E-state index is -0.181. The van der Waals surface area contributed by atoms with E-state index in [4.69, 9.17) is 9.72 Å². The standard InChI is InChI=1S/C27H27N3O3S/c1-17(2)21-10-7-8-18(3)25(21)29-24(31)16-34-27-28-23-11-6-5-9-22(23)26(32)30(27)19-12-14-20(33-4)15-13-19/h5-15,17H,16H2,1-4H3,(H,29,31). The van der Waals surface area contributed by atoms with Crippen LogP contribution in [0.25, 0.3) is 16.6 Å². The predicted molar refractivity (Wildman–Crippen MR) is 139 cm³/mol. The predicted octanol–water partition coefficient (Wildman–Crippen LogP) is 5.56. The zero-order chi connectivity index (χ0) is 24.2. The highest BCUT2D eigenvalue weighted by Gasteiger charge is 2.17. The second-order valence-corrected chi connectivity index (χ2v) is 9.22. The molecule has 0 saturated heterocycles. The number of para-hydroxylation sites is 2. The second-order valence-electron chi connectivity index (χ2n) is 8.28. The number of aromatic nitrogens is 2. The molecule has 0 bridgehead atoms. The van der Waals surface area contributed by atoms with Crippen LogP contribution in [0.2, 0.25) is 0 Å². The molecule has 0 radical (unpaired) electrons. The lowest BCUT2D eigenvalue weighted by molar-refractivity contribution is -0.113. The fraction of sp³-hybridized carbons (Fsp3) is 0.222. The Morgan fingerprint density at radius 3 is 2.50 bits per heavy atom. The molecule has 34 heavy (non-hydrogen) atoms. The van der Waals surface area contributed by atoms with Crippen molar-refractivity contribution >= 4 is 34.3 Å². The first kappa shape index (κ1) is 23.6. The molecule has 0 unspecified atom stereocenters. The molecule has 174 valence electrons. The minimum absolute atomic E-state index is 0.118. The van der Waals surface area contributed by atoms with Crippen molar-refractivity contribution in [2.75, 3.05) is 18.2 Å². The van der Waals surface area contributed by atoms with Crippen molar-refractivity contribution < 1.29 is 9.53 Å². The van der Waals surface area contributed by atoms with Crippen LogP contribution in [0.5, 0.6) is 5.75 Å². The molecule has 0 atom stereocenters. The third kappa shape index (κ3) is 4.84. The fourth-order valence-corrected chi connectivity index (χ4v) is 4.63. The monoisotopic (exact) mass is 473 g/mol. The molecule has 3 aromatic carbocycles. The van der Waals surface area contributed by atoms with Crippen LogP contribution in [-0.4, -0.2) is 28.3 Å². The van der Waals surface area contributed by atoms with Gasteiger partial charge in [-0.1, -0.05) is 55.9 Å². The number of thioether (sulfide) groups is 1. The molecule has 6 nitrogen and oxygen atoms in total. The van der Waals surface area contributed by atoms with Gasteiger partial charge in [0.25, 0.3) is 5.56 Å². The van der Waals surface area contributed by atoms with Gasteiger partial charge in [-0.05, 0) is 60.4 Å². The molecule has 4 aromatic rings. The van der Waals surface area contributed by atoms with Gasteiger partial charge in [-0.25, -0.2) is 4.98 Å². The first-order valence-electron chi connectivity index (χ1n) is 11.1. The number of hydrogen-bond donors (Lipinski definition) is 1. The Labute approximate surface area is 203 Å². The average Bonchev–Trinajstić information content (AvgIpc) is 2.84. The summed E-state index contributed by atoms with van der Waals surface area (Å²) in [5, 5.41) is 4.04. The molecule has 1 aromatic heterocycles. The number of methoxy groups -OCH3 is 1. The zero-order valence-corrected chi connectivity index (χ0v) is 20.5. The van der Waals surface area contributed by atoms with Crippen LogP contribution in [0.15, 0.2) is 76.7 Å². The first-order valence-corrected chi connectivity index (χ1v) is 12.1. The van der Waals surface area contributed by atoms with Crippen LogP contribution in [-0.2, 0) is 4.79 Å². The van der Waals surface area contributed by atoms with E-state index >= 15 is 0 Å². The number of amides is 1. The number of carbonyl (C=O) groups excluding carboxylic acids is 1. The summed E-state index contributed by atoms with van der Waals surface area (Å²) in [5.74, 6) is 0.945. The number of carbonyl (C=O) groups is 1. The van der Waals surface area contributed by atoms with E-state index in [9.17, 15) is 9.59 Å². The number of ether oxygens (including phenoxy) is 1. The topological polar surface area (TPSA) is 73.2 Å². The highest BCUT2D eigenvalue weighted by molar-refractivity contribution is 7.99. The summed E-state index contributed by atoms with van der Waals surface area (Å²) in [5.41, 5.74) is 4.04. The molecular weight excluding hydrogens is 446 g/mol. The lowest BCUT2D eigenvalue weighted by Gasteiger charge is -2.17. The van der Waals surface area contributed by atoms with Gasteiger partial charge in [0.05, 0.1) is 29.5 Å². The Morgan fingerprint density at radius 1 is 1.06 bits per heavy atom. The summed E-state index contributed by atoms with van der Waals surface area (Å²) in [7, 11) is 1.60. The van der Waals surface area contributed by atoms with Crippen LogP contribution < -0.4 is 15.6 Å². The van der Waals surface area contributed by atoms with E-state index in [1.165, 1.54) is 11.8 Å². The molecule has 1 amide bonds. The molecule has 4 rings (SSSR count). The zero-order valence-electron chi connectivity index (χ0n) is 19.7. The van der Waals surface area contributed by atoms with E-state index in [-0.39, 0.29) is 23.1 Å². The van der Waals surface area contributed by atoms with Gasteiger partial charge < -0.3 is 10.1 Å². The van der Waals surface area contributed by atoms with E-state index in [2.05, 4.69) is 19.2 Å². The Morgan fingerprint density at radius 2 is 1.79 bits per heavy atom. The van der Waals surface area contributed by atoms with Crippen molar-refractivity contribution in [3.8, 4) is 11.4 Å². The van der Waals surface area contributed by atoms with Crippen LogP contribution in [0.4, 0.5) is 5.69 Å². The Hall–Kier alpha value is -3.58. The molecule has 0 aliphatic carbocycles. The highest BCUT2D eigenvalue weighted by atomic mass is 32.2. The number of benzene rings is 3. The van der Waals surface area contributed by atoms with Gasteiger partial charge in [-0.3, -0.25) is 14.2 Å². The third-order valence-electron chi connectivity index (χ3n) is 5.60. The number of fused-ring (bicyclic) bond motifs is 1. The molecule has 0 spiro atoms. The van der Waals surface area contributed by atoms with Crippen LogP contribution >= 0.6 is 11.8 Å². The van der Waals surface area contributed by atoms with E-state index in [1.54, 1.807) is 29.9 Å². The maximum Gasteiger partial charge on any atom is 0.266 e. The van der Waals surface area contributed by atoms with E-state index < -0.39 is 0 Å². The molecule has 0 aliphatic rings. The summed E-state index contributed by atoms with van der Waals surface area (Å²) >= 11 is 1.24. The van der Waals surface area contributed by atoms with Crippen molar-refractivity contribution in [2.24, 2.45) is 0 Å². The molecule has 7 heteroatoms. The molecule has 0 saturated carbocycles. The van der Waals surface area contributed by atoms with Gasteiger partial charge in [0.1, 0.15) is 5.75 Å². The summed E-state index contributed by atoms with van der Waals surface area (Å²) in [4.78, 5) is 31.0. The molecule has 0 fully saturated rings. The van der Waals surface area contributed by atoms with Crippen LogP contribution in [0, 0.1) is 6.92 Å². The normalized spacial score (nSPS) is 11.1. The van der Waals surface area contributed by atoms with Crippen molar-refractivity contribution in [3.63, 3.8) is 0 Å². The number of rotatable bonds is 7. The van der Waals surface area contributed by atoms with E-state index in [1.807, 2.05) is 55.5 Å². The van der Waals surface area contributed by atoms with Crippen molar-refractivity contribution in [1.29, 1.82) is 0 Å². The number of anilines is 1. The van der Waals surface area contributed by atoms with Gasteiger partial charge in [0.2, 0.25) is 5.91 Å². The Balaban J connectivity index is 1.67. The maximum atomic E-state index is 13.4. The average molecular weight is 474 g/mol. The largest absolute Gasteiger partial charge is 0.497 e. The molecule has 0 aliphatic heterocycles. The van der Waals surface area contributed by atoms with Gasteiger partial charge in [0.15, 0.2) is 5.16 Å². The summed E-state index contributed by atoms with van der Waals surface area (Å²) < 4.78 is 6.79. The lowest BCUT2D eigenvalue weighted by Crippen LogP contribution is -2.23. The number of nitrogens with zero attached hydrogens (tertiary/aromatic N) is 2. The summed E-state index contributed by atoms with van der Waals surface area (Å²) in [6.07, 6.45) is 0. The fourth-order valence-electron chi connectivity index (χ4n) is 3.82. The summed E-state index contributed by atoms with van der Waals surface area (Å²) in [6.45, 7) is 6.19. The Bertz CT molecular complexity index is 1390. The van der Waals surface area contributed by atoms with Gasteiger partial charge in [-0.15, -0.1) is 0 Å². The van der Waals surface area contributed by atoms with Crippen molar-refractivity contribution in [3.05, 3.63) is 88.2 Å². The first-order chi connectivity index (χ1) is 16.4. The number of nitrogens with one attached hydrogen (secondary N) is 1.